The van der Waals surface area contributed by atoms with Crippen molar-refractivity contribution in [2.45, 2.75) is 57.4 Å². The lowest BCUT2D eigenvalue weighted by Crippen LogP contribution is -2.57. The smallest absolute Gasteiger partial charge is 0.228 e. The summed E-state index contributed by atoms with van der Waals surface area (Å²) in [7, 11) is 0. The molecular formula is C17H27N5O. The van der Waals surface area contributed by atoms with E-state index in [0.717, 1.165) is 50.3 Å². The van der Waals surface area contributed by atoms with Gasteiger partial charge in [-0.25, -0.2) is 4.98 Å². The second-order valence-corrected chi connectivity index (χ2v) is 7.49. The van der Waals surface area contributed by atoms with Crippen molar-refractivity contribution in [3.8, 4) is 0 Å². The van der Waals surface area contributed by atoms with Gasteiger partial charge in [0.15, 0.2) is 5.82 Å². The summed E-state index contributed by atoms with van der Waals surface area (Å²) in [4.78, 5) is 21.7. The Bertz CT molecular complexity index is 559. The number of aryl methyl sites for hydroxylation is 1. The molecule has 23 heavy (non-hydrogen) atoms. The number of hydrogen-bond acceptors (Lipinski definition) is 4. The molecule has 1 N–H and O–H groups in total. The van der Waals surface area contributed by atoms with Gasteiger partial charge in [-0.1, -0.05) is 19.3 Å². The van der Waals surface area contributed by atoms with Gasteiger partial charge in [0.25, 0.3) is 0 Å². The van der Waals surface area contributed by atoms with Crippen LogP contribution in [0.15, 0.2) is 0 Å². The largest absolute Gasteiger partial charge is 0.342 e. The van der Waals surface area contributed by atoms with Crippen molar-refractivity contribution in [2.24, 2.45) is 5.92 Å². The summed E-state index contributed by atoms with van der Waals surface area (Å²) in [5, 5.41) is 7.17. The number of likely N-dealkylation sites (tertiary alicyclic amines) is 2. The number of H-pyrrole nitrogens is 1. The van der Waals surface area contributed by atoms with Crippen molar-refractivity contribution in [2.75, 3.05) is 26.2 Å². The predicted octanol–water partition coefficient (Wildman–Crippen LogP) is 1.69. The third-order valence-electron chi connectivity index (χ3n) is 5.83. The van der Waals surface area contributed by atoms with Crippen LogP contribution in [0, 0.1) is 12.8 Å². The van der Waals surface area contributed by atoms with Crippen LogP contribution in [-0.2, 0) is 4.79 Å². The number of amides is 1. The number of rotatable bonds is 3. The molecule has 1 aliphatic carbocycles. The summed E-state index contributed by atoms with van der Waals surface area (Å²) in [6.45, 7) is 5.52. The number of nitrogens with zero attached hydrogens (tertiary/aromatic N) is 4. The lowest BCUT2D eigenvalue weighted by Gasteiger charge is -2.45. The molecule has 0 spiro atoms. The molecule has 3 fully saturated rings. The molecule has 2 aliphatic heterocycles. The average molecular weight is 317 g/mol. The van der Waals surface area contributed by atoms with Crippen molar-refractivity contribution < 1.29 is 4.79 Å². The lowest BCUT2D eigenvalue weighted by molar-refractivity contribution is -0.141. The molecule has 0 bridgehead atoms. The van der Waals surface area contributed by atoms with Gasteiger partial charge in [0, 0.05) is 38.1 Å². The van der Waals surface area contributed by atoms with Gasteiger partial charge in [0.2, 0.25) is 5.91 Å². The maximum Gasteiger partial charge on any atom is 0.228 e. The summed E-state index contributed by atoms with van der Waals surface area (Å²) < 4.78 is 0. The molecule has 1 amide bonds. The summed E-state index contributed by atoms with van der Waals surface area (Å²) in [6.07, 6.45) is 7.77. The molecule has 1 atom stereocenters. The molecule has 1 unspecified atom stereocenters. The first-order chi connectivity index (χ1) is 11.2. The Morgan fingerprint density at radius 1 is 1.13 bits per heavy atom. The number of nitrogens with one attached hydrogen (secondary N) is 1. The Balaban J connectivity index is 1.27. The maximum atomic E-state index is 12.7. The molecule has 1 aromatic heterocycles. The van der Waals surface area contributed by atoms with Crippen LogP contribution in [-0.4, -0.2) is 63.1 Å². The van der Waals surface area contributed by atoms with Crippen LogP contribution in [0.3, 0.4) is 0 Å². The molecule has 3 heterocycles. The van der Waals surface area contributed by atoms with E-state index in [1.807, 2.05) is 11.8 Å². The summed E-state index contributed by atoms with van der Waals surface area (Å²) >= 11 is 0. The van der Waals surface area contributed by atoms with Gasteiger partial charge < -0.3 is 4.90 Å². The highest BCUT2D eigenvalue weighted by molar-refractivity contribution is 5.80. The summed E-state index contributed by atoms with van der Waals surface area (Å²) in [5.41, 5.74) is 0. The van der Waals surface area contributed by atoms with E-state index in [-0.39, 0.29) is 5.92 Å². The van der Waals surface area contributed by atoms with Crippen molar-refractivity contribution in [3.05, 3.63) is 11.6 Å². The zero-order chi connectivity index (χ0) is 15.8. The minimum absolute atomic E-state index is 0.226. The first kappa shape index (κ1) is 15.1. The average Bonchev–Trinajstić information content (AvgIpc) is 3.15. The standard InChI is InChI=1S/C17H27N5O/c1-12-18-16(20-19-12)13-7-8-21(9-13)17(23)14-10-22(11-14)15-5-3-2-4-6-15/h13-15H,2-11H2,1H3,(H,18,19,20). The van der Waals surface area contributed by atoms with E-state index >= 15 is 0 Å². The van der Waals surface area contributed by atoms with Gasteiger partial charge in [0.1, 0.15) is 5.82 Å². The number of aromatic amines is 1. The van der Waals surface area contributed by atoms with Crippen molar-refractivity contribution in [1.29, 1.82) is 0 Å². The van der Waals surface area contributed by atoms with Gasteiger partial charge in [-0.05, 0) is 26.2 Å². The van der Waals surface area contributed by atoms with Gasteiger partial charge >= 0.3 is 0 Å². The molecular weight excluding hydrogens is 290 g/mol. The van der Waals surface area contributed by atoms with Gasteiger partial charge in [-0.3, -0.25) is 14.8 Å². The van der Waals surface area contributed by atoms with Crippen LogP contribution >= 0.6 is 0 Å². The van der Waals surface area contributed by atoms with Gasteiger partial charge in [0.05, 0.1) is 5.92 Å². The highest BCUT2D eigenvalue weighted by Crippen LogP contribution is 2.31. The third-order valence-corrected chi connectivity index (χ3v) is 5.83. The van der Waals surface area contributed by atoms with Crippen LogP contribution in [0.5, 0.6) is 0 Å². The Hall–Kier alpha value is -1.43. The van der Waals surface area contributed by atoms with E-state index in [2.05, 4.69) is 20.1 Å². The maximum absolute atomic E-state index is 12.7. The molecule has 6 heteroatoms. The SMILES string of the molecule is Cc1nc(C2CCN(C(=O)C3CN(C4CCCCC4)C3)C2)n[nH]1. The fraction of sp³-hybridized carbons (Fsp3) is 0.824. The molecule has 4 rings (SSSR count). The second-order valence-electron chi connectivity index (χ2n) is 7.49. The molecule has 1 aromatic rings. The highest BCUT2D eigenvalue weighted by Gasteiger charge is 2.40. The molecule has 0 radical (unpaired) electrons. The lowest BCUT2D eigenvalue weighted by atomic mass is 9.88. The van der Waals surface area contributed by atoms with Crippen molar-refractivity contribution in [3.63, 3.8) is 0 Å². The molecule has 126 valence electrons. The fourth-order valence-electron chi connectivity index (χ4n) is 4.39. The Morgan fingerprint density at radius 2 is 1.91 bits per heavy atom. The van der Waals surface area contributed by atoms with Crippen LogP contribution in [0.2, 0.25) is 0 Å². The Morgan fingerprint density at radius 3 is 2.61 bits per heavy atom. The molecule has 1 saturated carbocycles. The normalized spacial score (nSPS) is 27.3. The second kappa shape index (κ2) is 6.23. The number of carbonyl (C=O) groups excluding carboxylic acids is 1. The Labute approximate surface area is 137 Å². The topological polar surface area (TPSA) is 65.1 Å². The van der Waals surface area contributed by atoms with Crippen molar-refractivity contribution >= 4 is 5.91 Å². The quantitative estimate of drug-likeness (QED) is 0.921. The minimum Gasteiger partial charge on any atom is -0.342 e. The highest BCUT2D eigenvalue weighted by atomic mass is 16.2. The molecule has 6 nitrogen and oxygen atoms in total. The molecule has 3 aliphatic rings. The number of hydrogen-bond donors (Lipinski definition) is 1. The van der Waals surface area contributed by atoms with Gasteiger partial charge in [-0.15, -0.1) is 0 Å². The zero-order valence-electron chi connectivity index (χ0n) is 14.0. The van der Waals surface area contributed by atoms with Gasteiger partial charge in [-0.2, -0.15) is 5.10 Å². The van der Waals surface area contributed by atoms with Crippen LogP contribution in [0.4, 0.5) is 0 Å². The van der Waals surface area contributed by atoms with Crippen LogP contribution in [0.1, 0.15) is 56.1 Å². The van der Waals surface area contributed by atoms with E-state index in [4.69, 9.17) is 0 Å². The Kier molecular flexibility index (Phi) is 4.09. The summed E-state index contributed by atoms with van der Waals surface area (Å²) in [6, 6.07) is 0.746. The van der Waals surface area contributed by atoms with Crippen LogP contribution in [0.25, 0.3) is 0 Å². The monoisotopic (exact) mass is 317 g/mol. The van der Waals surface area contributed by atoms with E-state index in [1.54, 1.807) is 0 Å². The first-order valence-electron chi connectivity index (χ1n) is 9.12. The summed E-state index contributed by atoms with van der Waals surface area (Å²) in [5.74, 6) is 2.61. The van der Waals surface area contributed by atoms with E-state index in [9.17, 15) is 4.79 Å². The van der Waals surface area contributed by atoms with Crippen molar-refractivity contribution in [1.82, 2.24) is 25.0 Å². The molecule has 2 saturated heterocycles. The van der Waals surface area contributed by atoms with E-state index < -0.39 is 0 Å². The third kappa shape index (κ3) is 3.01. The minimum atomic E-state index is 0.226. The number of carbonyl (C=O) groups is 1. The molecule has 0 aromatic carbocycles. The predicted molar refractivity (Wildman–Crippen MR) is 87.0 cm³/mol. The fourth-order valence-corrected chi connectivity index (χ4v) is 4.39. The zero-order valence-corrected chi connectivity index (χ0v) is 14.0. The van der Waals surface area contributed by atoms with Crippen LogP contribution < -0.4 is 0 Å². The first-order valence-corrected chi connectivity index (χ1v) is 9.12. The van der Waals surface area contributed by atoms with E-state index in [0.29, 0.717) is 11.8 Å². The van der Waals surface area contributed by atoms with E-state index in [1.165, 1.54) is 32.1 Å². The number of aromatic nitrogens is 3.